The van der Waals surface area contributed by atoms with Gasteiger partial charge in [0.25, 0.3) is 0 Å². The van der Waals surface area contributed by atoms with Crippen LogP contribution in [0.4, 0.5) is 14.9 Å². The zero-order chi connectivity index (χ0) is 18.5. The molecule has 4 rings (SSSR count). The normalized spacial score (nSPS) is 34.2. The lowest BCUT2D eigenvalue weighted by Gasteiger charge is -2.52. The Kier molecular flexibility index (Phi) is 4.34. The van der Waals surface area contributed by atoms with Crippen molar-refractivity contribution < 1.29 is 19.4 Å². The van der Waals surface area contributed by atoms with E-state index in [2.05, 4.69) is 4.90 Å². The van der Waals surface area contributed by atoms with E-state index >= 15 is 0 Å². The molecule has 0 saturated carbocycles. The summed E-state index contributed by atoms with van der Waals surface area (Å²) in [6.45, 7) is 3.30. The number of nitrogens with zero attached hydrogens (tertiary/aromatic N) is 2. The van der Waals surface area contributed by atoms with Crippen molar-refractivity contribution in [2.24, 2.45) is 5.92 Å². The molecular formula is C20H27FN2O3. The number of amides is 1. The van der Waals surface area contributed by atoms with Crippen LogP contribution in [0, 0.1) is 18.7 Å². The SMILES string of the molecule is Cc1ccc(N2CCCC(C34CCC(CC(O)C3)N4C(=O)O)C2)c(F)c1. The molecular weight excluding hydrogens is 335 g/mol. The van der Waals surface area contributed by atoms with Gasteiger partial charge < -0.3 is 15.1 Å². The maximum atomic E-state index is 14.5. The Balaban J connectivity index is 1.63. The van der Waals surface area contributed by atoms with Gasteiger partial charge in [-0.25, -0.2) is 9.18 Å². The molecule has 1 aromatic carbocycles. The zero-order valence-corrected chi connectivity index (χ0v) is 15.2. The number of carboxylic acid groups (broad SMARTS) is 1. The number of halogens is 1. The number of fused-ring (bicyclic) bond motifs is 2. The number of carbonyl (C=O) groups is 1. The van der Waals surface area contributed by atoms with Crippen LogP contribution in [0.3, 0.4) is 0 Å². The fourth-order valence-electron chi connectivity index (χ4n) is 5.68. The molecule has 0 aromatic heterocycles. The Hall–Kier alpha value is -1.82. The van der Waals surface area contributed by atoms with Crippen LogP contribution in [0.15, 0.2) is 18.2 Å². The number of piperidine rings is 2. The molecule has 1 amide bonds. The second-order valence-electron chi connectivity index (χ2n) is 8.28. The first kappa shape index (κ1) is 17.6. The second-order valence-corrected chi connectivity index (χ2v) is 8.28. The first-order valence-electron chi connectivity index (χ1n) is 9.62. The largest absolute Gasteiger partial charge is 0.465 e. The van der Waals surface area contributed by atoms with E-state index in [9.17, 15) is 19.4 Å². The van der Waals surface area contributed by atoms with E-state index in [1.807, 2.05) is 19.1 Å². The molecule has 142 valence electrons. The molecule has 6 heteroatoms. The molecule has 4 atom stereocenters. The Morgan fingerprint density at radius 3 is 2.88 bits per heavy atom. The molecule has 5 nitrogen and oxygen atoms in total. The molecule has 3 fully saturated rings. The summed E-state index contributed by atoms with van der Waals surface area (Å²) < 4.78 is 14.5. The molecule has 2 N–H and O–H groups in total. The van der Waals surface area contributed by atoms with E-state index < -0.39 is 17.7 Å². The minimum absolute atomic E-state index is 0.0808. The zero-order valence-electron chi connectivity index (χ0n) is 15.2. The van der Waals surface area contributed by atoms with E-state index in [0.717, 1.165) is 37.8 Å². The van der Waals surface area contributed by atoms with Gasteiger partial charge in [0.15, 0.2) is 0 Å². The quantitative estimate of drug-likeness (QED) is 0.847. The van der Waals surface area contributed by atoms with Gasteiger partial charge in [0.05, 0.1) is 17.3 Å². The van der Waals surface area contributed by atoms with E-state index in [1.54, 1.807) is 11.0 Å². The number of anilines is 1. The average molecular weight is 362 g/mol. The van der Waals surface area contributed by atoms with Crippen molar-refractivity contribution in [3.63, 3.8) is 0 Å². The van der Waals surface area contributed by atoms with Gasteiger partial charge in [-0.2, -0.15) is 0 Å². The number of rotatable bonds is 2. The first-order chi connectivity index (χ1) is 12.4. The summed E-state index contributed by atoms with van der Waals surface area (Å²) in [4.78, 5) is 15.7. The summed E-state index contributed by atoms with van der Waals surface area (Å²) in [7, 11) is 0. The number of benzene rings is 1. The third kappa shape index (κ3) is 2.75. The smallest absolute Gasteiger partial charge is 0.408 e. The summed E-state index contributed by atoms with van der Waals surface area (Å²) in [6.07, 6.45) is 3.18. The maximum Gasteiger partial charge on any atom is 0.408 e. The molecule has 3 saturated heterocycles. The predicted molar refractivity (Wildman–Crippen MR) is 96.9 cm³/mol. The van der Waals surface area contributed by atoms with Crippen LogP contribution in [0.1, 0.15) is 44.1 Å². The van der Waals surface area contributed by atoms with Crippen LogP contribution in [-0.4, -0.2) is 52.0 Å². The minimum atomic E-state index is -0.877. The summed E-state index contributed by atoms with van der Waals surface area (Å²) >= 11 is 0. The van der Waals surface area contributed by atoms with Crippen LogP contribution in [0.5, 0.6) is 0 Å². The van der Waals surface area contributed by atoms with Crippen LogP contribution < -0.4 is 4.90 Å². The summed E-state index contributed by atoms with van der Waals surface area (Å²) in [6, 6.07) is 5.21. The summed E-state index contributed by atoms with van der Waals surface area (Å²) in [5, 5.41) is 20.2. The van der Waals surface area contributed by atoms with E-state index in [0.29, 0.717) is 25.1 Å². The lowest BCUT2D eigenvalue weighted by Crippen LogP contribution is -2.62. The van der Waals surface area contributed by atoms with Crippen molar-refractivity contribution >= 4 is 11.8 Å². The molecule has 3 aliphatic rings. The molecule has 0 aliphatic carbocycles. The van der Waals surface area contributed by atoms with Crippen LogP contribution in [-0.2, 0) is 0 Å². The fourth-order valence-corrected chi connectivity index (χ4v) is 5.68. The third-order valence-electron chi connectivity index (χ3n) is 6.72. The van der Waals surface area contributed by atoms with E-state index in [4.69, 9.17) is 0 Å². The van der Waals surface area contributed by atoms with Crippen LogP contribution in [0.2, 0.25) is 0 Å². The number of aliphatic hydroxyl groups is 1. The summed E-state index contributed by atoms with van der Waals surface area (Å²) in [5.41, 5.74) is 0.988. The Morgan fingerprint density at radius 2 is 2.15 bits per heavy atom. The molecule has 3 aliphatic heterocycles. The highest BCUT2D eigenvalue weighted by Crippen LogP contribution is 2.50. The van der Waals surface area contributed by atoms with E-state index in [1.165, 1.54) is 0 Å². The maximum absolute atomic E-state index is 14.5. The predicted octanol–water partition coefficient (Wildman–Crippen LogP) is 3.39. The van der Waals surface area contributed by atoms with Gasteiger partial charge in [0, 0.05) is 25.0 Å². The first-order valence-corrected chi connectivity index (χ1v) is 9.62. The van der Waals surface area contributed by atoms with Gasteiger partial charge in [-0.3, -0.25) is 4.90 Å². The molecule has 0 spiro atoms. The lowest BCUT2D eigenvalue weighted by atomic mass is 9.72. The van der Waals surface area contributed by atoms with Crippen molar-refractivity contribution in [3.05, 3.63) is 29.6 Å². The van der Waals surface area contributed by atoms with Gasteiger partial charge in [0.1, 0.15) is 5.82 Å². The van der Waals surface area contributed by atoms with Gasteiger partial charge in [0.2, 0.25) is 0 Å². The lowest BCUT2D eigenvalue weighted by molar-refractivity contribution is -0.0390. The van der Waals surface area contributed by atoms with Crippen molar-refractivity contribution in [2.45, 2.75) is 63.1 Å². The number of hydrogen-bond donors (Lipinski definition) is 2. The van der Waals surface area contributed by atoms with Crippen molar-refractivity contribution in [1.82, 2.24) is 4.90 Å². The number of hydrogen-bond acceptors (Lipinski definition) is 3. The van der Waals surface area contributed by atoms with Crippen molar-refractivity contribution in [3.8, 4) is 0 Å². The molecule has 4 unspecified atom stereocenters. The molecule has 0 radical (unpaired) electrons. The Labute approximate surface area is 153 Å². The van der Waals surface area contributed by atoms with Gasteiger partial charge in [-0.1, -0.05) is 6.07 Å². The highest BCUT2D eigenvalue weighted by Gasteiger charge is 2.57. The molecule has 1 aromatic rings. The average Bonchev–Trinajstić information content (AvgIpc) is 2.85. The molecule has 3 heterocycles. The fraction of sp³-hybridized carbons (Fsp3) is 0.650. The second kappa shape index (κ2) is 6.41. The van der Waals surface area contributed by atoms with Crippen molar-refractivity contribution in [1.29, 1.82) is 0 Å². The third-order valence-corrected chi connectivity index (χ3v) is 6.72. The standard InChI is InChI=1S/C20H27FN2O3/c1-13-4-5-18(17(21)9-13)22-8-2-3-14(12-22)20-7-6-15(10-16(24)11-20)23(20)19(25)26/h4-5,9,14-16,24H,2-3,6-8,10-12H2,1H3,(H,25,26). The monoisotopic (exact) mass is 362 g/mol. The number of aliphatic hydroxyl groups excluding tert-OH is 1. The van der Waals surface area contributed by atoms with Crippen LogP contribution in [0.25, 0.3) is 0 Å². The van der Waals surface area contributed by atoms with Crippen LogP contribution >= 0.6 is 0 Å². The van der Waals surface area contributed by atoms with E-state index in [-0.39, 0.29) is 17.8 Å². The molecule has 2 bridgehead atoms. The number of aryl methyl sites for hydroxylation is 1. The highest BCUT2D eigenvalue weighted by atomic mass is 19.1. The Bertz CT molecular complexity index is 712. The van der Waals surface area contributed by atoms with Gasteiger partial charge >= 0.3 is 6.09 Å². The topological polar surface area (TPSA) is 64.0 Å². The Morgan fingerprint density at radius 1 is 1.35 bits per heavy atom. The van der Waals surface area contributed by atoms with Gasteiger partial charge in [-0.05, 0) is 63.1 Å². The van der Waals surface area contributed by atoms with Gasteiger partial charge in [-0.15, -0.1) is 0 Å². The minimum Gasteiger partial charge on any atom is -0.465 e. The van der Waals surface area contributed by atoms with Crippen molar-refractivity contribution in [2.75, 3.05) is 18.0 Å². The molecule has 26 heavy (non-hydrogen) atoms. The summed E-state index contributed by atoms with van der Waals surface area (Å²) in [5.74, 6) is -0.0979. The highest BCUT2D eigenvalue weighted by molar-refractivity contribution is 5.68.